The number of nitrogens with zero attached hydrogens (tertiary/aromatic N) is 2. The molecule has 1 aromatic carbocycles. The first kappa shape index (κ1) is 18.1. The fraction of sp³-hybridized carbons (Fsp3) is 0.579. The Morgan fingerprint density at radius 1 is 1.12 bits per heavy atom. The van der Waals surface area contributed by atoms with Crippen molar-refractivity contribution in [2.24, 2.45) is 0 Å². The molecule has 0 spiro atoms. The van der Waals surface area contributed by atoms with Crippen molar-refractivity contribution in [3.63, 3.8) is 0 Å². The lowest BCUT2D eigenvalue weighted by molar-refractivity contribution is -0.132. The van der Waals surface area contributed by atoms with Crippen molar-refractivity contribution in [1.82, 2.24) is 9.80 Å². The third-order valence-corrected chi connectivity index (χ3v) is 5.12. The molecule has 1 amide bonds. The number of benzene rings is 1. The third-order valence-electron chi connectivity index (χ3n) is 4.63. The van der Waals surface area contributed by atoms with Gasteiger partial charge in [0.2, 0.25) is 0 Å². The molecule has 2 heterocycles. The van der Waals surface area contributed by atoms with Crippen molar-refractivity contribution in [3.05, 3.63) is 29.8 Å². The van der Waals surface area contributed by atoms with Crippen LogP contribution in [0.15, 0.2) is 24.3 Å². The minimum Gasteiger partial charge on any atom is -0.484 e. The molecule has 1 aromatic rings. The maximum absolute atomic E-state index is 12.0. The van der Waals surface area contributed by atoms with Gasteiger partial charge in [0.05, 0.1) is 12.2 Å². The Balaban J connectivity index is 1.54. The molecule has 2 aliphatic heterocycles. The van der Waals surface area contributed by atoms with Crippen LogP contribution >= 0.6 is 12.2 Å². The Labute approximate surface area is 154 Å². The largest absolute Gasteiger partial charge is 0.484 e. The molecule has 2 saturated heterocycles. The number of amides is 1. The lowest BCUT2D eigenvalue weighted by Gasteiger charge is -2.37. The molecule has 0 N–H and O–H groups in total. The molecule has 3 rings (SSSR count). The van der Waals surface area contributed by atoms with Crippen molar-refractivity contribution >= 4 is 23.1 Å². The summed E-state index contributed by atoms with van der Waals surface area (Å²) in [6.07, 6.45) is 2.55. The second-order valence-electron chi connectivity index (χ2n) is 6.87. The normalized spacial score (nSPS) is 23.6. The van der Waals surface area contributed by atoms with Gasteiger partial charge < -0.3 is 19.3 Å². The van der Waals surface area contributed by atoms with E-state index in [0.717, 1.165) is 49.6 Å². The Hall–Kier alpha value is -1.66. The van der Waals surface area contributed by atoms with E-state index in [4.69, 9.17) is 21.7 Å². The van der Waals surface area contributed by atoms with E-state index in [1.807, 2.05) is 29.2 Å². The third kappa shape index (κ3) is 4.70. The molecule has 0 aromatic heterocycles. The molecule has 0 radical (unpaired) electrons. The molecule has 2 aliphatic rings. The second kappa shape index (κ2) is 8.15. The lowest BCUT2D eigenvalue weighted by Crippen LogP contribution is -2.47. The number of likely N-dealkylation sites (tertiary alicyclic amines) is 1. The first-order valence-electron chi connectivity index (χ1n) is 8.98. The number of hydrogen-bond donors (Lipinski definition) is 0. The minimum atomic E-state index is 0.0633. The summed E-state index contributed by atoms with van der Waals surface area (Å²) in [6, 6.07) is 7.68. The molecule has 0 bridgehead atoms. The molecule has 25 heavy (non-hydrogen) atoms. The van der Waals surface area contributed by atoms with E-state index in [-0.39, 0.29) is 24.7 Å². The summed E-state index contributed by atoms with van der Waals surface area (Å²) in [5.41, 5.74) is 0.995. The first-order chi connectivity index (χ1) is 12.0. The fourth-order valence-electron chi connectivity index (χ4n) is 3.42. The molecule has 5 nitrogen and oxygen atoms in total. The summed E-state index contributed by atoms with van der Waals surface area (Å²) in [4.78, 5) is 16.9. The van der Waals surface area contributed by atoms with Crippen LogP contribution in [-0.4, -0.2) is 65.7 Å². The summed E-state index contributed by atoms with van der Waals surface area (Å²) in [5, 5.41) is 0. The van der Waals surface area contributed by atoms with Crippen LogP contribution < -0.4 is 4.74 Å². The standard InChI is InChI=1S/C19H26N2O3S/c1-14-11-21(12-15(2)24-14)19(25)16-5-7-17(8-6-16)23-13-18(22)20-9-3-4-10-20/h5-8,14-15H,3-4,9-13H2,1-2H3/t14-,15-/m1/s1. The molecule has 0 unspecified atom stereocenters. The summed E-state index contributed by atoms with van der Waals surface area (Å²) < 4.78 is 11.4. The van der Waals surface area contributed by atoms with E-state index in [1.54, 1.807) is 0 Å². The number of carbonyl (C=O) groups excluding carboxylic acids is 1. The average Bonchev–Trinajstić information content (AvgIpc) is 3.13. The maximum atomic E-state index is 12.0. The van der Waals surface area contributed by atoms with Crippen molar-refractivity contribution in [1.29, 1.82) is 0 Å². The lowest BCUT2D eigenvalue weighted by atomic mass is 10.1. The molecule has 2 fully saturated rings. The van der Waals surface area contributed by atoms with Crippen LogP contribution in [0, 0.1) is 0 Å². The molecular formula is C19H26N2O3S. The molecule has 0 saturated carbocycles. The summed E-state index contributed by atoms with van der Waals surface area (Å²) in [5.74, 6) is 0.760. The van der Waals surface area contributed by atoms with Gasteiger partial charge in [0.15, 0.2) is 6.61 Å². The molecule has 2 atom stereocenters. The van der Waals surface area contributed by atoms with Gasteiger partial charge in [-0.05, 0) is 51.0 Å². The van der Waals surface area contributed by atoms with Gasteiger partial charge in [0.25, 0.3) is 5.91 Å². The SMILES string of the molecule is C[C@@H]1CN(C(=S)c2ccc(OCC(=O)N3CCCC3)cc2)C[C@@H](C)O1. The zero-order valence-electron chi connectivity index (χ0n) is 14.9. The van der Waals surface area contributed by atoms with Gasteiger partial charge >= 0.3 is 0 Å². The van der Waals surface area contributed by atoms with Crippen molar-refractivity contribution in [2.75, 3.05) is 32.8 Å². The van der Waals surface area contributed by atoms with Crippen LogP contribution in [0.2, 0.25) is 0 Å². The topological polar surface area (TPSA) is 42.0 Å². The quantitative estimate of drug-likeness (QED) is 0.770. The van der Waals surface area contributed by atoms with Gasteiger partial charge in [-0.15, -0.1) is 0 Å². The molecule has 136 valence electrons. The minimum absolute atomic E-state index is 0.0633. The summed E-state index contributed by atoms with van der Waals surface area (Å²) in [7, 11) is 0. The monoisotopic (exact) mass is 362 g/mol. The number of morpholine rings is 1. The van der Waals surface area contributed by atoms with Crippen LogP contribution in [-0.2, 0) is 9.53 Å². The molecular weight excluding hydrogens is 336 g/mol. The number of carbonyl (C=O) groups is 1. The molecule has 0 aliphatic carbocycles. The summed E-state index contributed by atoms with van der Waals surface area (Å²) in [6.45, 7) is 7.57. The smallest absolute Gasteiger partial charge is 0.260 e. The van der Waals surface area contributed by atoms with Crippen LogP contribution in [0.3, 0.4) is 0 Å². The second-order valence-corrected chi connectivity index (χ2v) is 7.26. The highest BCUT2D eigenvalue weighted by molar-refractivity contribution is 7.80. The predicted octanol–water partition coefficient (Wildman–Crippen LogP) is 2.47. The summed E-state index contributed by atoms with van der Waals surface area (Å²) >= 11 is 5.64. The van der Waals surface area contributed by atoms with Gasteiger partial charge in [0.1, 0.15) is 10.7 Å². The van der Waals surface area contributed by atoms with Gasteiger partial charge in [0, 0.05) is 31.7 Å². The maximum Gasteiger partial charge on any atom is 0.260 e. The van der Waals surface area contributed by atoms with E-state index < -0.39 is 0 Å². The zero-order valence-corrected chi connectivity index (χ0v) is 15.8. The van der Waals surface area contributed by atoms with Crippen LogP contribution in [0.5, 0.6) is 5.75 Å². The number of hydrogen-bond acceptors (Lipinski definition) is 4. The molecule has 6 heteroatoms. The van der Waals surface area contributed by atoms with Crippen molar-refractivity contribution in [3.8, 4) is 5.75 Å². The number of rotatable bonds is 4. The number of thiocarbonyl (C=S) groups is 1. The van der Waals surface area contributed by atoms with Crippen LogP contribution in [0.4, 0.5) is 0 Å². The van der Waals surface area contributed by atoms with Crippen molar-refractivity contribution < 1.29 is 14.3 Å². The van der Waals surface area contributed by atoms with E-state index in [9.17, 15) is 4.79 Å². The number of ether oxygens (including phenoxy) is 2. The van der Waals surface area contributed by atoms with E-state index in [1.165, 1.54) is 0 Å². The van der Waals surface area contributed by atoms with Crippen molar-refractivity contribution in [2.45, 2.75) is 38.9 Å². The highest BCUT2D eigenvalue weighted by atomic mass is 32.1. The van der Waals surface area contributed by atoms with Crippen LogP contribution in [0.25, 0.3) is 0 Å². The zero-order chi connectivity index (χ0) is 17.8. The fourth-order valence-corrected chi connectivity index (χ4v) is 3.71. The van der Waals surface area contributed by atoms with E-state index >= 15 is 0 Å². The van der Waals surface area contributed by atoms with Gasteiger partial charge in [-0.3, -0.25) is 4.79 Å². The average molecular weight is 362 g/mol. The Morgan fingerprint density at radius 3 is 2.32 bits per heavy atom. The van der Waals surface area contributed by atoms with Gasteiger partial charge in [-0.25, -0.2) is 0 Å². The first-order valence-corrected chi connectivity index (χ1v) is 9.39. The highest BCUT2D eigenvalue weighted by Gasteiger charge is 2.24. The van der Waals surface area contributed by atoms with Crippen LogP contribution in [0.1, 0.15) is 32.3 Å². The predicted molar refractivity (Wildman–Crippen MR) is 101 cm³/mol. The highest BCUT2D eigenvalue weighted by Crippen LogP contribution is 2.18. The van der Waals surface area contributed by atoms with Gasteiger partial charge in [-0.1, -0.05) is 12.2 Å². The van der Waals surface area contributed by atoms with E-state index in [0.29, 0.717) is 5.75 Å². The van der Waals surface area contributed by atoms with Gasteiger partial charge in [-0.2, -0.15) is 0 Å². The van der Waals surface area contributed by atoms with E-state index in [2.05, 4.69) is 18.7 Å². The Morgan fingerprint density at radius 2 is 1.72 bits per heavy atom. The Kier molecular flexibility index (Phi) is 5.91. The Bertz CT molecular complexity index is 604.